The van der Waals surface area contributed by atoms with Gasteiger partial charge in [0, 0.05) is 25.2 Å². The Bertz CT molecular complexity index is 687. The first-order valence-corrected chi connectivity index (χ1v) is 8.37. The molecular weight excluding hydrogens is 347 g/mol. The predicted molar refractivity (Wildman–Crippen MR) is 84.5 cm³/mol. The van der Waals surface area contributed by atoms with Gasteiger partial charge in [-0.15, -0.1) is 11.3 Å². The van der Waals surface area contributed by atoms with Crippen molar-refractivity contribution in [3.8, 4) is 0 Å². The number of halogens is 2. The maximum absolute atomic E-state index is 12.2. The van der Waals surface area contributed by atoms with E-state index in [2.05, 4.69) is 15.5 Å². The first kappa shape index (κ1) is 15.6. The van der Waals surface area contributed by atoms with Gasteiger partial charge in [-0.05, 0) is 19.4 Å². The van der Waals surface area contributed by atoms with Crippen LogP contribution in [0.25, 0.3) is 0 Å². The third kappa shape index (κ3) is 3.37. The van der Waals surface area contributed by atoms with Crippen LogP contribution in [0.3, 0.4) is 0 Å². The van der Waals surface area contributed by atoms with E-state index in [0.29, 0.717) is 40.0 Å². The van der Waals surface area contributed by atoms with Crippen LogP contribution in [0.15, 0.2) is 10.6 Å². The van der Waals surface area contributed by atoms with Crippen LogP contribution < -0.4 is 5.32 Å². The second kappa shape index (κ2) is 6.44. The number of aromatic nitrogens is 2. The van der Waals surface area contributed by atoms with Gasteiger partial charge in [0.2, 0.25) is 5.89 Å². The van der Waals surface area contributed by atoms with Crippen LogP contribution in [0.4, 0.5) is 4.79 Å². The molecule has 2 aromatic heterocycles. The molecule has 9 heteroatoms. The van der Waals surface area contributed by atoms with Crippen LogP contribution >= 0.6 is 34.5 Å². The Hall–Kier alpha value is -1.31. The number of rotatable bonds is 3. The first-order valence-electron chi connectivity index (χ1n) is 6.79. The molecule has 1 aliphatic rings. The SMILES string of the molecule is Cc1noc(C2CCN(C(=O)NCc3cc(Cl)sc3Cl)C2)n1. The number of amides is 2. The highest BCUT2D eigenvalue weighted by atomic mass is 35.5. The van der Waals surface area contributed by atoms with Crippen molar-refractivity contribution in [2.45, 2.75) is 25.8 Å². The van der Waals surface area contributed by atoms with Crippen molar-refractivity contribution in [1.29, 1.82) is 0 Å². The van der Waals surface area contributed by atoms with E-state index in [-0.39, 0.29) is 11.9 Å². The fourth-order valence-corrected chi connectivity index (χ4v) is 3.89. The van der Waals surface area contributed by atoms with E-state index < -0.39 is 0 Å². The summed E-state index contributed by atoms with van der Waals surface area (Å²) in [5.74, 6) is 1.31. The third-order valence-electron chi connectivity index (χ3n) is 3.53. The summed E-state index contributed by atoms with van der Waals surface area (Å²) in [5, 5.41) is 6.64. The third-order valence-corrected chi connectivity index (χ3v) is 5.09. The van der Waals surface area contributed by atoms with Crippen LogP contribution in [0.2, 0.25) is 8.67 Å². The molecule has 3 rings (SSSR count). The smallest absolute Gasteiger partial charge is 0.317 e. The number of likely N-dealkylation sites (tertiary alicyclic amines) is 1. The van der Waals surface area contributed by atoms with Crippen LogP contribution in [-0.4, -0.2) is 34.2 Å². The zero-order valence-corrected chi connectivity index (χ0v) is 14.1. The highest BCUT2D eigenvalue weighted by molar-refractivity contribution is 7.20. The summed E-state index contributed by atoms with van der Waals surface area (Å²) >= 11 is 13.2. The van der Waals surface area contributed by atoms with Crippen molar-refractivity contribution in [2.75, 3.05) is 13.1 Å². The lowest BCUT2D eigenvalue weighted by Gasteiger charge is -2.16. The Morgan fingerprint density at radius 1 is 1.59 bits per heavy atom. The number of carbonyl (C=O) groups is 1. The molecule has 0 saturated carbocycles. The minimum Gasteiger partial charge on any atom is -0.339 e. The quantitative estimate of drug-likeness (QED) is 0.909. The molecule has 0 aromatic carbocycles. The van der Waals surface area contributed by atoms with Gasteiger partial charge in [-0.3, -0.25) is 0 Å². The number of urea groups is 1. The number of carbonyl (C=O) groups excluding carboxylic acids is 1. The molecule has 3 heterocycles. The highest BCUT2D eigenvalue weighted by Crippen LogP contribution is 2.31. The molecule has 2 amide bonds. The van der Waals surface area contributed by atoms with Crippen molar-refractivity contribution >= 4 is 40.6 Å². The van der Waals surface area contributed by atoms with E-state index in [1.807, 2.05) is 0 Å². The molecule has 1 atom stereocenters. The number of hydrogen-bond donors (Lipinski definition) is 1. The standard InChI is InChI=1S/C13H14Cl2N4O2S/c1-7-17-12(21-18-7)8-2-3-19(6-8)13(20)16-5-9-4-10(14)22-11(9)15/h4,8H,2-3,5-6H2,1H3,(H,16,20). The zero-order chi connectivity index (χ0) is 15.7. The van der Waals surface area contributed by atoms with Gasteiger partial charge >= 0.3 is 6.03 Å². The Morgan fingerprint density at radius 2 is 2.41 bits per heavy atom. The Kier molecular flexibility index (Phi) is 4.56. The maximum atomic E-state index is 12.2. The molecule has 22 heavy (non-hydrogen) atoms. The predicted octanol–water partition coefficient (Wildman–Crippen LogP) is 3.45. The fraction of sp³-hybridized carbons (Fsp3) is 0.462. The van der Waals surface area contributed by atoms with Gasteiger partial charge < -0.3 is 14.7 Å². The summed E-state index contributed by atoms with van der Waals surface area (Å²) in [7, 11) is 0. The summed E-state index contributed by atoms with van der Waals surface area (Å²) in [4.78, 5) is 18.2. The lowest BCUT2D eigenvalue weighted by atomic mass is 10.1. The number of hydrogen-bond acceptors (Lipinski definition) is 5. The molecule has 118 valence electrons. The van der Waals surface area contributed by atoms with Crippen molar-refractivity contribution in [3.63, 3.8) is 0 Å². The zero-order valence-electron chi connectivity index (χ0n) is 11.8. The van der Waals surface area contributed by atoms with Gasteiger partial charge in [0.1, 0.15) is 0 Å². The molecule has 6 nitrogen and oxygen atoms in total. The minimum atomic E-state index is -0.128. The molecule has 0 aliphatic carbocycles. The summed E-state index contributed by atoms with van der Waals surface area (Å²) < 4.78 is 6.39. The van der Waals surface area contributed by atoms with Crippen molar-refractivity contribution in [2.24, 2.45) is 0 Å². The molecule has 0 radical (unpaired) electrons. The molecule has 2 aromatic rings. The van der Waals surface area contributed by atoms with Crippen molar-refractivity contribution in [1.82, 2.24) is 20.4 Å². The minimum absolute atomic E-state index is 0.103. The van der Waals surface area contributed by atoms with Crippen LogP contribution in [0, 0.1) is 6.92 Å². The molecule has 1 fully saturated rings. The van der Waals surface area contributed by atoms with Gasteiger partial charge in [-0.1, -0.05) is 28.4 Å². The Balaban J connectivity index is 1.54. The molecule has 1 saturated heterocycles. The molecule has 1 N–H and O–H groups in total. The van der Waals surface area contributed by atoms with Crippen molar-refractivity contribution < 1.29 is 9.32 Å². The summed E-state index contributed by atoms with van der Waals surface area (Å²) in [5.41, 5.74) is 0.827. The Labute approximate surface area is 141 Å². The lowest BCUT2D eigenvalue weighted by Crippen LogP contribution is -2.37. The van der Waals surface area contributed by atoms with E-state index >= 15 is 0 Å². The normalized spacial score (nSPS) is 18.0. The average Bonchev–Trinajstić information content (AvgIpc) is 3.16. The number of thiophene rings is 1. The number of nitrogens with one attached hydrogen (secondary N) is 1. The highest BCUT2D eigenvalue weighted by Gasteiger charge is 2.30. The molecule has 1 unspecified atom stereocenters. The lowest BCUT2D eigenvalue weighted by molar-refractivity contribution is 0.207. The second-order valence-corrected chi connectivity index (χ2v) is 7.41. The van der Waals surface area contributed by atoms with Gasteiger partial charge in [-0.25, -0.2) is 4.79 Å². The van der Waals surface area contributed by atoms with Gasteiger partial charge in [0.15, 0.2) is 5.82 Å². The topological polar surface area (TPSA) is 71.3 Å². The van der Waals surface area contributed by atoms with E-state index in [0.717, 1.165) is 12.0 Å². The monoisotopic (exact) mass is 360 g/mol. The molecule has 0 bridgehead atoms. The fourth-order valence-electron chi connectivity index (χ4n) is 2.40. The largest absolute Gasteiger partial charge is 0.339 e. The molecule has 0 spiro atoms. The molecular formula is C13H14Cl2N4O2S. The van der Waals surface area contributed by atoms with E-state index in [4.69, 9.17) is 27.7 Å². The summed E-state index contributed by atoms with van der Waals surface area (Å²) in [6.45, 7) is 3.38. The summed E-state index contributed by atoms with van der Waals surface area (Å²) in [6.07, 6.45) is 0.820. The second-order valence-electron chi connectivity index (χ2n) is 5.12. The molecule has 1 aliphatic heterocycles. The summed E-state index contributed by atoms with van der Waals surface area (Å²) in [6, 6.07) is 1.64. The van der Waals surface area contributed by atoms with E-state index in [1.165, 1.54) is 11.3 Å². The van der Waals surface area contributed by atoms with Crippen LogP contribution in [0.1, 0.15) is 29.6 Å². The number of nitrogens with zero attached hydrogens (tertiary/aromatic N) is 3. The van der Waals surface area contributed by atoms with E-state index in [9.17, 15) is 4.79 Å². The van der Waals surface area contributed by atoms with Crippen molar-refractivity contribution in [3.05, 3.63) is 32.0 Å². The average molecular weight is 361 g/mol. The van der Waals surface area contributed by atoms with Gasteiger partial charge in [0.05, 0.1) is 14.6 Å². The number of aryl methyl sites for hydroxylation is 1. The van der Waals surface area contributed by atoms with Gasteiger partial charge in [0.25, 0.3) is 0 Å². The van der Waals surface area contributed by atoms with Gasteiger partial charge in [-0.2, -0.15) is 4.98 Å². The first-order chi connectivity index (χ1) is 10.5. The van der Waals surface area contributed by atoms with E-state index in [1.54, 1.807) is 17.9 Å². The van der Waals surface area contributed by atoms with Crippen LogP contribution in [0.5, 0.6) is 0 Å². The Morgan fingerprint density at radius 3 is 3.05 bits per heavy atom. The maximum Gasteiger partial charge on any atom is 0.317 e. The van der Waals surface area contributed by atoms with Crippen LogP contribution in [-0.2, 0) is 6.54 Å².